The zero-order valence-corrected chi connectivity index (χ0v) is 17.3. The van der Waals surface area contributed by atoms with E-state index in [0.29, 0.717) is 5.56 Å². The van der Waals surface area contributed by atoms with Crippen molar-refractivity contribution in [3.05, 3.63) is 35.6 Å². The number of benzene rings is 1. The molecule has 2 heterocycles. The predicted octanol–water partition coefficient (Wildman–Crippen LogP) is 0.123. The average Bonchev–Trinajstić information content (AvgIpc) is 2.76. The van der Waals surface area contributed by atoms with Crippen molar-refractivity contribution in [2.75, 3.05) is 6.54 Å². The van der Waals surface area contributed by atoms with E-state index in [-0.39, 0.29) is 25.2 Å². The average molecular weight is 425 g/mol. The maximum atomic E-state index is 13.6. The van der Waals surface area contributed by atoms with Crippen LogP contribution < -0.4 is 10.6 Å². The molecule has 3 amide bonds. The molecule has 158 valence electrons. The van der Waals surface area contributed by atoms with Crippen molar-refractivity contribution in [2.45, 2.75) is 55.8 Å². The highest BCUT2D eigenvalue weighted by atomic mass is 32.2. The molecular weight excluding hydrogens is 401 g/mol. The molecule has 3 rings (SSSR count). The van der Waals surface area contributed by atoms with Crippen LogP contribution in [-0.4, -0.2) is 59.8 Å². The number of amides is 3. The number of β-lactam (4-membered cyclic amide) rings is 1. The van der Waals surface area contributed by atoms with Gasteiger partial charge in [-0.1, -0.05) is 18.2 Å². The molecule has 8 nitrogen and oxygen atoms in total. The Hall–Kier alpha value is -2.49. The second kappa shape index (κ2) is 7.40. The van der Waals surface area contributed by atoms with Crippen molar-refractivity contribution in [2.24, 2.45) is 0 Å². The topological polar surface area (TPSA) is 113 Å². The maximum absolute atomic E-state index is 13.6. The Morgan fingerprint density at radius 3 is 2.59 bits per heavy atom. The van der Waals surface area contributed by atoms with Crippen LogP contribution in [0.3, 0.4) is 0 Å². The number of hydrogen-bond donors (Lipinski definition) is 2. The van der Waals surface area contributed by atoms with E-state index in [1.807, 2.05) is 0 Å². The quantitative estimate of drug-likeness (QED) is 0.629. The molecule has 0 bridgehead atoms. The molecule has 0 spiro atoms. The fourth-order valence-corrected chi connectivity index (χ4v) is 5.92. The lowest BCUT2D eigenvalue weighted by atomic mass is 9.97. The first-order chi connectivity index (χ1) is 13.5. The molecular formula is C19H24FN3O5S. The molecule has 2 aliphatic rings. The van der Waals surface area contributed by atoms with E-state index in [1.54, 1.807) is 18.2 Å². The number of sulfone groups is 1. The zero-order chi connectivity index (χ0) is 21.6. The Labute approximate surface area is 168 Å². The summed E-state index contributed by atoms with van der Waals surface area (Å²) in [5, 5.41) is 4.13. The Bertz CT molecular complexity index is 962. The summed E-state index contributed by atoms with van der Waals surface area (Å²) < 4.78 is 37.3. The van der Waals surface area contributed by atoms with Gasteiger partial charge in [0, 0.05) is 6.54 Å². The van der Waals surface area contributed by atoms with E-state index in [2.05, 4.69) is 10.6 Å². The number of hydrogen-bond acceptors (Lipinski definition) is 5. The summed E-state index contributed by atoms with van der Waals surface area (Å²) >= 11 is 0. The van der Waals surface area contributed by atoms with Gasteiger partial charge in [-0.3, -0.25) is 14.4 Å². The molecule has 3 atom stereocenters. The van der Waals surface area contributed by atoms with E-state index >= 15 is 0 Å². The van der Waals surface area contributed by atoms with Crippen LogP contribution in [0.2, 0.25) is 0 Å². The normalized spacial score (nSPS) is 25.0. The molecule has 0 aliphatic carbocycles. The van der Waals surface area contributed by atoms with Crippen LogP contribution in [0.1, 0.15) is 32.8 Å². The van der Waals surface area contributed by atoms with Gasteiger partial charge in [-0.2, -0.15) is 0 Å². The van der Waals surface area contributed by atoms with Crippen molar-refractivity contribution in [3.63, 3.8) is 0 Å². The van der Waals surface area contributed by atoms with Gasteiger partial charge in [0.15, 0.2) is 9.84 Å². The Kier molecular flexibility index (Phi) is 5.42. The number of nitrogens with zero attached hydrogens (tertiary/aromatic N) is 1. The lowest BCUT2D eigenvalue weighted by Gasteiger charge is -2.37. The van der Waals surface area contributed by atoms with Gasteiger partial charge in [0.25, 0.3) is 0 Å². The number of rotatable bonds is 6. The van der Waals surface area contributed by atoms with Crippen LogP contribution in [0.15, 0.2) is 24.3 Å². The monoisotopic (exact) mass is 425 g/mol. The van der Waals surface area contributed by atoms with Crippen molar-refractivity contribution >= 4 is 27.6 Å². The number of carbonyl (C=O) groups is 3. The largest absolute Gasteiger partial charge is 0.354 e. The zero-order valence-electron chi connectivity index (χ0n) is 16.4. The van der Waals surface area contributed by atoms with Gasteiger partial charge >= 0.3 is 0 Å². The smallest absolute Gasteiger partial charge is 0.245 e. The van der Waals surface area contributed by atoms with E-state index < -0.39 is 49.8 Å². The first-order valence-corrected chi connectivity index (χ1v) is 10.9. The molecule has 10 heteroatoms. The Morgan fingerprint density at radius 1 is 1.31 bits per heavy atom. The van der Waals surface area contributed by atoms with Gasteiger partial charge in [0.1, 0.15) is 23.3 Å². The molecule has 3 unspecified atom stereocenters. The van der Waals surface area contributed by atoms with Crippen molar-refractivity contribution in [1.82, 2.24) is 15.5 Å². The summed E-state index contributed by atoms with van der Waals surface area (Å²) in [4.78, 5) is 38.0. The third-order valence-corrected chi connectivity index (χ3v) is 8.43. The molecule has 1 aromatic carbocycles. The van der Waals surface area contributed by atoms with E-state index in [1.165, 1.54) is 26.8 Å². The van der Waals surface area contributed by atoms with Crippen LogP contribution >= 0.6 is 0 Å². The van der Waals surface area contributed by atoms with Gasteiger partial charge in [-0.25, -0.2) is 12.8 Å². The highest BCUT2D eigenvalue weighted by Crippen LogP contribution is 2.45. The molecule has 0 saturated carbocycles. The van der Waals surface area contributed by atoms with Crippen molar-refractivity contribution in [1.29, 1.82) is 0 Å². The van der Waals surface area contributed by atoms with E-state index in [0.717, 1.165) is 4.90 Å². The summed E-state index contributed by atoms with van der Waals surface area (Å²) in [6, 6.07) is 4.10. The first-order valence-electron chi connectivity index (χ1n) is 9.34. The van der Waals surface area contributed by atoms with Gasteiger partial charge in [0.2, 0.25) is 17.7 Å². The van der Waals surface area contributed by atoms with Gasteiger partial charge < -0.3 is 15.5 Å². The minimum Gasteiger partial charge on any atom is -0.354 e. The molecule has 0 aromatic heterocycles. The van der Waals surface area contributed by atoms with Crippen LogP contribution in [0.4, 0.5) is 4.39 Å². The summed E-state index contributed by atoms with van der Waals surface area (Å²) in [5.41, 5.74) is 0.463. The minimum atomic E-state index is -3.69. The highest BCUT2D eigenvalue weighted by Gasteiger charge is 2.67. The second-order valence-corrected chi connectivity index (χ2v) is 10.6. The SMILES string of the molecule is CC(NC(=O)C1N2C(=O)CC2S(=O)(=O)C1(C)C)C(=O)NCCc1ccccc1F. The molecule has 2 saturated heterocycles. The molecule has 29 heavy (non-hydrogen) atoms. The van der Waals surface area contributed by atoms with Crippen LogP contribution in [0, 0.1) is 5.82 Å². The van der Waals surface area contributed by atoms with E-state index in [4.69, 9.17) is 0 Å². The van der Waals surface area contributed by atoms with Crippen LogP contribution in [0.25, 0.3) is 0 Å². The fraction of sp³-hybridized carbons (Fsp3) is 0.526. The van der Waals surface area contributed by atoms with Gasteiger partial charge in [0.05, 0.1) is 11.2 Å². The van der Waals surface area contributed by atoms with Crippen molar-refractivity contribution in [3.8, 4) is 0 Å². The Morgan fingerprint density at radius 2 is 1.97 bits per heavy atom. The maximum Gasteiger partial charge on any atom is 0.245 e. The number of fused-ring (bicyclic) bond motifs is 1. The third-order valence-electron chi connectivity index (χ3n) is 5.63. The summed E-state index contributed by atoms with van der Waals surface area (Å²) in [5.74, 6) is -1.93. The molecule has 2 N–H and O–H groups in total. The van der Waals surface area contributed by atoms with Crippen LogP contribution in [0.5, 0.6) is 0 Å². The first kappa shape index (κ1) is 21.2. The standard InChI is InChI=1S/C19H24FN3O5S/c1-11(17(25)21-9-8-12-6-4-5-7-13(12)20)22-18(26)16-19(2,3)29(27,28)15-10-14(24)23(15)16/h4-7,11,15-16H,8-10H2,1-3H3,(H,21,25)(H,22,26). The van der Waals surface area contributed by atoms with Crippen LogP contribution in [-0.2, 0) is 30.6 Å². The summed E-state index contributed by atoms with van der Waals surface area (Å²) in [6.45, 7) is 4.47. The van der Waals surface area contributed by atoms with Crippen molar-refractivity contribution < 1.29 is 27.2 Å². The highest BCUT2D eigenvalue weighted by molar-refractivity contribution is 7.93. The molecule has 0 radical (unpaired) electrons. The minimum absolute atomic E-state index is 0.123. The molecule has 1 aromatic rings. The predicted molar refractivity (Wildman–Crippen MR) is 103 cm³/mol. The Balaban J connectivity index is 1.59. The number of nitrogens with one attached hydrogen (secondary N) is 2. The molecule has 2 fully saturated rings. The van der Waals surface area contributed by atoms with Gasteiger partial charge in [-0.05, 0) is 38.8 Å². The third kappa shape index (κ3) is 3.50. The fourth-order valence-electron chi connectivity index (χ4n) is 3.79. The number of carbonyl (C=O) groups excluding carboxylic acids is 3. The lowest BCUT2D eigenvalue weighted by Crippen LogP contribution is -2.61. The second-order valence-electron chi connectivity index (χ2n) is 7.87. The summed E-state index contributed by atoms with van der Waals surface area (Å²) in [6.07, 6.45) is 0.165. The molecule has 2 aliphatic heterocycles. The lowest BCUT2D eigenvalue weighted by molar-refractivity contribution is -0.150. The van der Waals surface area contributed by atoms with E-state index in [9.17, 15) is 27.2 Å². The van der Waals surface area contributed by atoms with Gasteiger partial charge in [-0.15, -0.1) is 0 Å². The number of halogens is 1. The summed E-state index contributed by atoms with van der Waals surface area (Å²) in [7, 11) is -3.69.